The maximum atomic E-state index is 5.44. The first-order chi connectivity index (χ1) is 35.6. The minimum Gasteiger partial charge on any atom is -0.675 e. The van der Waals surface area contributed by atoms with Crippen molar-refractivity contribution in [2.75, 3.05) is 0 Å². The van der Waals surface area contributed by atoms with Crippen molar-refractivity contribution in [3.8, 4) is 0 Å². The molecule has 75 heavy (non-hydrogen) atoms. The molecule has 6 nitrogen and oxygen atoms in total. The van der Waals surface area contributed by atoms with Gasteiger partial charge in [-0.1, -0.05) is 296 Å². The number of hydrogen-bond acceptors (Lipinski definition) is 1. The van der Waals surface area contributed by atoms with Gasteiger partial charge in [0.25, 0.3) is 0 Å². The van der Waals surface area contributed by atoms with Crippen LogP contribution < -0.4 is 26.5 Å². The smallest absolute Gasteiger partial charge is 0.129 e. The van der Waals surface area contributed by atoms with Crippen LogP contribution in [0.1, 0.15) is 200 Å². The average molecular weight is 1130 g/mol. The Hall–Kier alpha value is -2.07. The summed E-state index contributed by atoms with van der Waals surface area (Å²) in [6.45, 7) is 2.18. The molecule has 9 heteroatoms. The Labute approximate surface area is 481 Å². The third kappa shape index (κ3) is 22.2. The predicted molar refractivity (Wildman–Crippen MR) is 329 cm³/mol. The van der Waals surface area contributed by atoms with Crippen LogP contribution in [0.25, 0.3) is 21.3 Å². The van der Waals surface area contributed by atoms with E-state index < -0.39 is 15.8 Å². The number of nitrogens with one attached hydrogen (secondary N) is 1. The molecule has 0 aromatic heterocycles. The van der Waals surface area contributed by atoms with Crippen LogP contribution in [0.2, 0.25) is 0 Å². The van der Waals surface area contributed by atoms with Gasteiger partial charge in [-0.3, -0.25) is 4.99 Å². The summed E-state index contributed by atoms with van der Waals surface area (Å²) < 4.78 is 0. The predicted octanol–water partition coefficient (Wildman–Crippen LogP) is 18.2. The van der Waals surface area contributed by atoms with Gasteiger partial charge in [0, 0.05) is 40.2 Å². The van der Waals surface area contributed by atoms with E-state index in [0.29, 0.717) is 36.3 Å². The van der Waals surface area contributed by atoms with E-state index >= 15 is 0 Å². The number of amidine groups is 1. The van der Waals surface area contributed by atoms with E-state index in [1.54, 1.807) is 0 Å². The van der Waals surface area contributed by atoms with Crippen LogP contribution in [0.3, 0.4) is 0 Å². The van der Waals surface area contributed by atoms with Gasteiger partial charge < -0.3 is 41.4 Å². The third-order valence-electron chi connectivity index (χ3n) is 16.2. The Balaban J connectivity index is 0.000000212. The number of rotatable bonds is 16. The first kappa shape index (κ1) is 63.8. The number of nitrogens with zero attached hydrogens (tertiary/aromatic N) is 5. The number of benzene rings is 4. The summed E-state index contributed by atoms with van der Waals surface area (Å²) in [5, 5.41) is 30.2. The summed E-state index contributed by atoms with van der Waals surface area (Å²) in [6.07, 6.45) is 40.2. The van der Waals surface area contributed by atoms with E-state index in [9.17, 15) is 0 Å². The van der Waals surface area contributed by atoms with Gasteiger partial charge >= 0.3 is 0 Å². The van der Waals surface area contributed by atoms with E-state index in [2.05, 4.69) is 134 Å². The molecule has 6 saturated carbocycles. The Morgan fingerprint density at radius 1 is 0.400 bits per heavy atom. The molecule has 0 radical (unpaired) electrons. The normalized spacial score (nSPS) is 19.9. The zero-order valence-corrected chi connectivity index (χ0v) is 51.3. The quantitative estimate of drug-likeness (QED) is 0.0516. The van der Waals surface area contributed by atoms with Crippen LogP contribution in [0.15, 0.2) is 126 Å². The molecule has 6 aliphatic rings. The molecule has 0 unspecified atom stereocenters. The molecule has 6 aliphatic carbocycles. The van der Waals surface area contributed by atoms with E-state index in [4.69, 9.17) is 26.3 Å². The van der Waals surface area contributed by atoms with Crippen molar-refractivity contribution in [2.45, 2.75) is 248 Å². The molecule has 1 N–H and O–H groups in total. The van der Waals surface area contributed by atoms with Crippen molar-refractivity contribution >= 4 is 42.6 Å². The number of aliphatic imine (C=N–C) groups is 1. The molecule has 0 heterocycles. The molecular weight excluding hydrogens is 1030 g/mol. The minimum atomic E-state index is -0.625. The fourth-order valence-electron chi connectivity index (χ4n) is 12.2. The zero-order valence-electron chi connectivity index (χ0n) is 47.0. The van der Waals surface area contributed by atoms with Crippen LogP contribution in [0.4, 0.5) is 0 Å². The maximum Gasteiger partial charge on any atom is 0.129 e. The van der Waals surface area contributed by atoms with Gasteiger partial charge in [0.2, 0.25) is 0 Å². The molecule has 4 aromatic carbocycles. The standard InChI is InChI=1S/2C25H33N2P.C14H26N2.2CH3.Zr/c2*1-5-13-21(14-6-1)26-25(27-22-15-7-2-8-16-22)28(23-17-9-3-10-18-23)24-19-11-4-12-20-24;1-12(15-13-8-4-2-5-9-13)16-14-10-6-3-7-11-14;;;/h3-4,9-12,17-22H,1-2,5-8,13-16H2,(H,26,27);3-4,9-12,17-22,25H,1-2,5-8,13-16H2;12-14H,2-11H2,1H3;2*1H3;/q;2*-2;2*-1;. The molecule has 0 bridgehead atoms. The summed E-state index contributed by atoms with van der Waals surface area (Å²) in [7, 11) is -1.22. The van der Waals surface area contributed by atoms with E-state index in [1.165, 1.54) is 219 Å². The summed E-state index contributed by atoms with van der Waals surface area (Å²) in [5.41, 5.74) is 1.27. The van der Waals surface area contributed by atoms with Gasteiger partial charge in [-0.15, -0.1) is 31.1 Å². The van der Waals surface area contributed by atoms with Crippen LogP contribution in [-0.4, -0.2) is 53.9 Å². The van der Waals surface area contributed by atoms with Crippen molar-refractivity contribution in [3.63, 3.8) is 0 Å². The Morgan fingerprint density at radius 2 is 0.693 bits per heavy atom. The average Bonchev–Trinajstić information content (AvgIpc) is 3.44. The molecule has 6 fully saturated rings. The van der Waals surface area contributed by atoms with Gasteiger partial charge in [-0.05, 0) is 46.9 Å². The summed E-state index contributed by atoms with van der Waals surface area (Å²) in [4.78, 5) is 5.42. The topological polar surface area (TPSA) is 80.8 Å². The fourth-order valence-corrected chi connectivity index (χ4v) is 17.0. The molecule has 10 rings (SSSR count). The first-order valence-electron chi connectivity index (χ1n) is 29.6. The summed E-state index contributed by atoms with van der Waals surface area (Å²) >= 11 is 0. The van der Waals surface area contributed by atoms with Crippen molar-refractivity contribution in [1.82, 2.24) is 5.32 Å². The maximum absolute atomic E-state index is 5.44. The number of hydrogen-bond donors (Lipinski definition) is 1. The van der Waals surface area contributed by atoms with Crippen LogP contribution >= 0.6 is 15.8 Å². The van der Waals surface area contributed by atoms with E-state index in [-0.39, 0.29) is 53.1 Å². The first-order valence-corrected chi connectivity index (χ1v) is 32.3. The van der Waals surface area contributed by atoms with Crippen LogP contribution in [0.5, 0.6) is 0 Å². The molecular formula is C66H98N6P2Zr-6. The van der Waals surface area contributed by atoms with Crippen molar-refractivity contribution < 1.29 is 26.2 Å². The second kappa shape index (κ2) is 37.0. The van der Waals surface area contributed by atoms with Crippen LogP contribution in [-0.2, 0) is 26.2 Å². The minimum absolute atomic E-state index is 0. The van der Waals surface area contributed by atoms with E-state index in [1.807, 2.05) is 0 Å². The van der Waals surface area contributed by atoms with Gasteiger partial charge in [0.1, 0.15) is 5.58 Å². The molecule has 0 atom stereocenters. The second-order valence-electron chi connectivity index (χ2n) is 22.0. The molecule has 0 aliphatic heterocycles. The van der Waals surface area contributed by atoms with Crippen LogP contribution in [0, 0.1) is 14.9 Å². The molecule has 412 valence electrons. The van der Waals surface area contributed by atoms with Crippen molar-refractivity contribution in [1.29, 1.82) is 0 Å². The van der Waals surface area contributed by atoms with E-state index in [0.717, 1.165) is 0 Å². The summed E-state index contributed by atoms with van der Waals surface area (Å²) in [6, 6.07) is 47.5. The summed E-state index contributed by atoms with van der Waals surface area (Å²) in [5.74, 6) is 0.103. The van der Waals surface area contributed by atoms with Gasteiger partial charge in [-0.2, -0.15) is 0 Å². The second-order valence-corrected chi connectivity index (χ2v) is 26.4. The van der Waals surface area contributed by atoms with Gasteiger partial charge in [0.05, 0.1) is 6.04 Å². The molecule has 0 amide bonds. The SMILES string of the molecule is CC([N-]C1CCCCC1)[N-]C1CCCCC1.[CH3-].[CH3-].[Zr].c1ccc(P(C(=NC2CCCCC2)NC2CCCCC2)c2ccccc2)cc1.c1ccc(P(c2ccccc2)C([N-]C2CCCCC2)[N-]C2CCCCC2)cc1. The molecule has 0 spiro atoms. The fraction of sp³-hybridized carbons (Fsp3) is 0.591. The Bertz CT molecular complexity index is 1910. The van der Waals surface area contributed by atoms with Crippen molar-refractivity contribution in [2.24, 2.45) is 4.99 Å². The third-order valence-corrected chi connectivity index (χ3v) is 20.9. The zero-order chi connectivity index (χ0) is 49.3. The Kier molecular flexibility index (Phi) is 31.4. The monoisotopic (exact) mass is 1130 g/mol. The largest absolute Gasteiger partial charge is 0.675 e. The molecule has 4 aromatic rings. The van der Waals surface area contributed by atoms with Gasteiger partial charge in [-0.25, -0.2) is 12.1 Å². The van der Waals surface area contributed by atoms with Crippen molar-refractivity contribution in [3.05, 3.63) is 157 Å². The molecule has 0 saturated heterocycles. The Morgan fingerprint density at radius 3 is 1.04 bits per heavy atom. The van der Waals surface area contributed by atoms with Gasteiger partial charge in [0.15, 0.2) is 0 Å².